The smallest absolute Gasteiger partial charge is 0.275 e. The minimum Gasteiger partial charge on any atom is -0.438 e. The van der Waals surface area contributed by atoms with Crippen molar-refractivity contribution in [2.24, 2.45) is 0 Å². The molecule has 3 rings (SSSR count). The van der Waals surface area contributed by atoms with Gasteiger partial charge in [0.2, 0.25) is 5.88 Å². The standard InChI is InChI=1S/C19H14Cl2N4O2S/c20-15-9-8-12(11-16(15)21)23-19(28)25-24-17(26)14-7-4-10-22-18(14)27-13-5-2-1-3-6-13/h1-11H,(H,24,26)(H2,23,25,28). The number of anilines is 1. The highest BCUT2D eigenvalue weighted by Gasteiger charge is 2.14. The van der Waals surface area contributed by atoms with Gasteiger partial charge in [-0.15, -0.1) is 0 Å². The molecule has 28 heavy (non-hydrogen) atoms. The van der Waals surface area contributed by atoms with E-state index in [0.717, 1.165) is 0 Å². The first-order chi connectivity index (χ1) is 13.5. The average molecular weight is 433 g/mol. The van der Waals surface area contributed by atoms with Crippen LogP contribution < -0.4 is 20.9 Å². The van der Waals surface area contributed by atoms with Gasteiger partial charge in [-0.2, -0.15) is 0 Å². The van der Waals surface area contributed by atoms with Crippen LogP contribution in [0.4, 0.5) is 5.69 Å². The highest BCUT2D eigenvalue weighted by atomic mass is 35.5. The maximum absolute atomic E-state index is 12.5. The number of nitrogens with zero attached hydrogens (tertiary/aromatic N) is 1. The highest BCUT2D eigenvalue weighted by molar-refractivity contribution is 7.80. The number of para-hydroxylation sites is 1. The lowest BCUT2D eigenvalue weighted by molar-refractivity contribution is 0.0941. The van der Waals surface area contributed by atoms with Crippen molar-refractivity contribution in [2.45, 2.75) is 0 Å². The van der Waals surface area contributed by atoms with E-state index in [0.29, 0.717) is 21.5 Å². The Hall–Kier alpha value is -2.87. The number of hydrogen-bond donors (Lipinski definition) is 3. The summed E-state index contributed by atoms with van der Waals surface area (Å²) in [6.07, 6.45) is 1.54. The molecule has 1 amide bonds. The monoisotopic (exact) mass is 432 g/mol. The fourth-order valence-corrected chi connectivity index (χ4v) is 2.63. The number of carbonyl (C=O) groups is 1. The number of hydrazine groups is 1. The van der Waals surface area contributed by atoms with E-state index in [1.165, 1.54) is 0 Å². The van der Waals surface area contributed by atoms with E-state index >= 15 is 0 Å². The summed E-state index contributed by atoms with van der Waals surface area (Å²) in [7, 11) is 0. The summed E-state index contributed by atoms with van der Waals surface area (Å²) in [5, 5.41) is 3.87. The van der Waals surface area contributed by atoms with Crippen molar-refractivity contribution >= 4 is 52.1 Å². The number of nitrogens with one attached hydrogen (secondary N) is 3. The third kappa shape index (κ3) is 5.32. The van der Waals surface area contributed by atoms with Crippen LogP contribution in [0.2, 0.25) is 10.0 Å². The lowest BCUT2D eigenvalue weighted by atomic mass is 10.2. The summed E-state index contributed by atoms with van der Waals surface area (Å²) in [5.41, 5.74) is 5.98. The maximum atomic E-state index is 12.5. The van der Waals surface area contributed by atoms with E-state index in [9.17, 15) is 4.79 Å². The molecule has 1 aromatic heterocycles. The Morgan fingerprint density at radius 2 is 1.75 bits per heavy atom. The fraction of sp³-hybridized carbons (Fsp3) is 0. The second kappa shape index (κ2) is 9.36. The zero-order valence-electron chi connectivity index (χ0n) is 14.3. The van der Waals surface area contributed by atoms with E-state index in [1.807, 2.05) is 18.2 Å². The topological polar surface area (TPSA) is 75.3 Å². The number of ether oxygens (including phenoxy) is 1. The van der Waals surface area contributed by atoms with Gasteiger partial charge in [-0.25, -0.2) is 4.98 Å². The number of halogens is 2. The Kier molecular flexibility index (Phi) is 6.65. The molecule has 1 heterocycles. The van der Waals surface area contributed by atoms with E-state index in [-0.39, 0.29) is 16.6 Å². The Bertz CT molecular complexity index is 1000. The second-order valence-electron chi connectivity index (χ2n) is 5.43. The minimum absolute atomic E-state index is 0.168. The summed E-state index contributed by atoms with van der Waals surface area (Å²) < 4.78 is 5.68. The lowest BCUT2D eigenvalue weighted by Crippen LogP contribution is -2.43. The van der Waals surface area contributed by atoms with E-state index in [1.54, 1.807) is 48.7 Å². The summed E-state index contributed by atoms with van der Waals surface area (Å²) in [5.74, 6) is 0.286. The molecular weight excluding hydrogens is 419 g/mol. The molecule has 9 heteroatoms. The van der Waals surface area contributed by atoms with Crippen LogP contribution in [0, 0.1) is 0 Å². The van der Waals surface area contributed by atoms with E-state index in [2.05, 4.69) is 21.2 Å². The molecule has 0 saturated heterocycles. The van der Waals surface area contributed by atoms with Crippen molar-refractivity contribution in [1.29, 1.82) is 0 Å². The van der Waals surface area contributed by atoms with Crippen LogP contribution in [-0.2, 0) is 0 Å². The number of aromatic nitrogens is 1. The summed E-state index contributed by atoms with van der Waals surface area (Å²) in [6.45, 7) is 0. The molecule has 0 radical (unpaired) electrons. The van der Waals surface area contributed by atoms with Gasteiger partial charge in [-0.3, -0.25) is 15.6 Å². The summed E-state index contributed by atoms with van der Waals surface area (Å²) >= 11 is 17.0. The quantitative estimate of drug-likeness (QED) is 0.405. The van der Waals surface area contributed by atoms with Crippen LogP contribution in [0.3, 0.4) is 0 Å². The van der Waals surface area contributed by atoms with Crippen LogP contribution >= 0.6 is 35.4 Å². The molecule has 6 nitrogen and oxygen atoms in total. The van der Waals surface area contributed by atoms with Crippen LogP contribution in [0.1, 0.15) is 10.4 Å². The van der Waals surface area contributed by atoms with Gasteiger partial charge in [0.15, 0.2) is 5.11 Å². The highest BCUT2D eigenvalue weighted by Crippen LogP contribution is 2.25. The van der Waals surface area contributed by atoms with E-state index in [4.69, 9.17) is 40.2 Å². The zero-order valence-corrected chi connectivity index (χ0v) is 16.6. The van der Waals surface area contributed by atoms with Crippen molar-refractivity contribution in [3.8, 4) is 11.6 Å². The van der Waals surface area contributed by atoms with Crippen molar-refractivity contribution in [1.82, 2.24) is 15.8 Å². The Morgan fingerprint density at radius 1 is 0.964 bits per heavy atom. The largest absolute Gasteiger partial charge is 0.438 e. The molecule has 0 saturated carbocycles. The van der Waals surface area contributed by atoms with Gasteiger partial charge in [0.1, 0.15) is 11.3 Å². The lowest BCUT2D eigenvalue weighted by Gasteiger charge is -2.13. The molecule has 0 fully saturated rings. The summed E-state index contributed by atoms with van der Waals surface area (Å²) in [4.78, 5) is 16.6. The van der Waals surface area contributed by atoms with Gasteiger partial charge in [0.05, 0.1) is 10.0 Å². The Balaban J connectivity index is 1.61. The number of carbonyl (C=O) groups excluding carboxylic acids is 1. The molecule has 0 atom stereocenters. The van der Waals surface area contributed by atoms with Crippen LogP contribution in [0.5, 0.6) is 11.6 Å². The minimum atomic E-state index is -0.461. The second-order valence-corrected chi connectivity index (χ2v) is 6.66. The Morgan fingerprint density at radius 3 is 2.50 bits per heavy atom. The average Bonchev–Trinajstić information content (AvgIpc) is 2.70. The van der Waals surface area contributed by atoms with Crippen LogP contribution in [0.25, 0.3) is 0 Å². The first-order valence-electron chi connectivity index (χ1n) is 8.03. The maximum Gasteiger partial charge on any atom is 0.275 e. The predicted molar refractivity (Wildman–Crippen MR) is 114 cm³/mol. The van der Waals surface area contributed by atoms with E-state index < -0.39 is 5.91 Å². The third-order valence-corrected chi connectivity index (χ3v) is 4.38. The number of thiocarbonyl (C=S) groups is 1. The molecule has 0 aliphatic rings. The first-order valence-corrected chi connectivity index (χ1v) is 9.19. The molecule has 142 valence electrons. The Labute approximate surface area is 176 Å². The van der Waals surface area contributed by atoms with Crippen LogP contribution in [0.15, 0.2) is 66.9 Å². The third-order valence-electron chi connectivity index (χ3n) is 3.44. The van der Waals surface area contributed by atoms with Gasteiger partial charge in [0.25, 0.3) is 5.91 Å². The van der Waals surface area contributed by atoms with Gasteiger partial charge in [-0.05, 0) is 54.7 Å². The van der Waals surface area contributed by atoms with Gasteiger partial charge >= 0.3 is 0 Å². The fourth-order valence-electron chi connectivity index (χ4n) is 2.16. The molecule has 2 aromatic carbocycles. The molecule has 0 aliphatic carbocycles. The molecule has 3 N–H and O–H groups in total. The van der Waals surface area contributed by atoms with Gasteiger partial charge < -0.3 is 10.1 Å². The molecular formula is C19H14Cl2N4O2S. The molecule has 0 spiro atoms. The first kappa shape index (κ1) is 19.9. The number of rotatable bonds is 4. The van der Waals surface area contributed by atoms with Gasteiger partial charge in [0, 0.05) is 11.9 Å². The van der Waals surface area contributed by atoms with Crippen molar-refractivity contribution in [2.75, 3.05) is 5.32 Å². The number of pyridine rings is 1. The van der Waals surface area contributed by atoms with Crippen molar-refractivity contribution in [3.63, 3.8) is 0 Å². The summed E-state index contributed by atoms with van der Waals surface area (Å²) in [6, 6.07) is 17.2. The number of benzene rings is 2. The molecule has 0 unspecified atom stereocenters. The number of hydrogen-bond acceptors (Lipinski definition) is 4. The zero-order chi connectivity index (χ0) is 19.9. The number of amides is 1. The van der Waals surface area contributed by atoms with Crippen molar-refractivity contribution in [3.05, 3.63) is 82.5 Å². The predicted octanol–water partition coefficient (Wildman–Crippen LogP) is 4.81. The normalized spacial score (nSPS) is 10.1. The van der Waals surface area contributed by atoms with Crippen LogP contribution in [-0.4, -0.2) is 16.0 Å². The molecule has 0 bridgehead atoms. The SMILES string of the molecule is O=C(NNC(=S)Nc1ccc(Cl)c(Cl)c1)c1cccnc1Oc1ccccc1. The molecule has 0 aliphatic heterocycles. The van der Waals surface area contributed by atoms with Gasteiger partial charge in [-0.1, -0.05) is 41.4 Å². The van der Waals surface area contributed by atoms with Crippen molar-refractivity contribution < 1.29 is 9.53 Å². The molecule has 3 aromatic rings.